The molecule has 1 fully saturated rings. The van der Waals surface area contributed by atoms with E-state index in [2.05, 4.69) is 22.7 Å². The van der Waals surface area contributed by atoms with E-state index in [1.807, 2.05) is 0 Å². The smallest absolute Gasteiger partial charge is 0.316 e. The van der Waals surface area contributed by atoms with Crippen LogP contribution in [0.4, 0.5) is 5.82 Å². The van der Waals surface area contributed by atoms with E-state index in [0.717, 1.165) is 31.0 Å². The first-order valence-corrected chi connectivity index (χ1v) is 10.3. The Morgan fingerprint density at radius 3 is 2.74 bits per heavy atom. The van der Waals surface area contributed by atoms with Gasteiger partial charge in [0.2, 0.25) is 5.91 Å². The van der Waals surface area contributed by atoms with Crippen LogP contribution in [-0.4, -0.2) is 46.6 Å². The molecule has 1 aliphatic rings. The maximum atomic E-state index is 12.2. The van der Waals surface area contributed by atoms with Crippen LogP contribution in [0.2, 0.25) is 0 Å². The fraction of sp³-hybridized carbons (Fsp3) is 0.667. The highest BCUT2D eigenvalue weighted by atomic mass is 32.2. The van der Waals surface area contributed by atoms with Crippen LogP contribution >= 0.6 is 11.8 Å². The molecule has 1 aromatic rings. The number of nitrogens with one attached hydrogen (secondary N) is 2. The number of ether oxygens (including phenoxy) is 1. The van der Waals surface area contributed by atoms with Gasteiger partial charge in [-0.15, -0.1) is 11.8 Å². The molecule has 0 aliphatic heterocycles. The standard InChI is InChI=1S/C18H27N3O5S/c1-11-6-4-5-7-14(11)19-18(24)13(3)25-17(23)10-27-9-16(22)20-15-8-12(2)26-21-15/h8,11,13-14H,4-7,9-10H2,1-3H3,(H,19,24)(H,20,21,22)/t11-,13+,14-/m0/s1. The molecule has 0 bridgehead atoms. The SMILES string of the molecule is Cc1cc(NC(=O)CSCC(=O)O[C@H](C)C(=O)N[C@H]2CCCC[C@@H]2C)no1. The van der Waals surface area contributed by atoms with Crippen LogP contribution < -0.4 is 10.6 Å². The average molecular weight is 397 g/mol. The number of hydrogen-bond acceptors (Lipinski definition) is 7. The Kier molecular flexibility index (Phi) is 8.15. The maximum absolute atomic E-state index is 12.2. The maximum Gasteiger partial charge on any atom is 0.316 e. The highest BCUT2D eigenvalue weighted by Gasteiger charge is 2.26. The third-order valence-corrected chi connectivity index (χ3v) is 5.37. The molecule has 3 atom stereocenters. The number of aryl methyl sites for hydroxylation is 1. The second kappa shape index (κ2) is 10.3. The summed E-state index contributed by atoms with van der Waals surface area (Å²) in [6, 6.07) is 1.75. The van der Waals surface area contributed by atoms with Gasteiger partial charge < -0.3 is 19.9 Å². The Morgan fingerprint density at radius 2 is 2.07 bits per heavy atom. The van der Waals surface area contributed by atoms with Gasteiger partial charge in [-0.2, -0.15) is 0 Å². The number of anilines is 1. The predicted molar refractivity (Wildman–Crippen MR) is 102 cm³/mol. The molecule has 0 spiro atoms. The zero-order valence-electron chi connectivity index (χ0n) is 15.9. The van der Waals surface area contributed by atoms with Gasteiger partial charge in [0, 0.05) is 12.1 Å². The van der Waals surface area contributed by atoms with Gasteiger partial charge in [-0.25, -0.2) is 0 Å². The lowest BCUT2D eigenvalue weighted by Crippen LogP contribution is -2.46. The third-order valence-electron chi connectivity index (χ3n) is 4.47. The quantitative estimate of drug-likeness (QED) is 0.647. The summed E-state index contributed by atoms with van der Waals surface area (Å²) in [5.74, 6) is 0.338. The average Bonchev–Trinajstić information content (AvgIpc) is 3.01. The van der Waals surface area contributed by atoms with Crippen LogP contribution in [-0.2, 0) is 19.1 Å². The van der Waals surface area contributed by atoms with E-state index in [4.69, 9.17) is 9.26 Å². The number of carbonyl (C=O) groups is 3. The minimum Gasteiger partial charge on any atom is -0.452 e. The highest BCUT2D eigenvalue weighted by molar-refractivity contribution is 8.00. The summed E-state index contributed by atoms with van der Waals surface area (Å²) >= 11 is 1.11. The van der Waals surface area contributed by atoms with Crippen LogP contribution in [0, 0.1) is 12.8 Å². The lowest BCUT2D eigenvalue weighted by atomic mass is 9.86. The monoisotopic (exact) mass is 397 g/mol. The second-order valence-corrected chi connectivity index (χ2v) is 7.86. The number of amides is 2. The van der Waals surface area contributed by atoms with E-state index in [0.29, 0.717) is 17.5 Å². The molecule has 1 heterocycles. The predicted octanol–water partition coefficient (Wildman–Crippen LogP) is 2.28. The van der Waals surface area contributed by atoms with Crippen molar-refractivity contribution >= 4 is 35.4 Å². The highest BCUT2D eigenvalue weighted by Crippen LogP contribution is 2.23. The van der Waals surface area contributed by atoms with Crippen molar-refractivity contribution in [2.24, 2.45) is 5.92 Å². The molecule has 2 N–H and O–H groups in total. The van der Waals surface area contributed by atoms with Crippen LogP contribution in [0.1, 0.15) is 45.3 Å². The van der Waals surface area contributed by atoms with Gasteiger partial charge in [0.25, 0.3) is 5.91 Å². The Balaban J connectivity index is 1.63. The van der Waals surface area contributed by atoms with Crippen molar-refractivity contribution in [2.45, 2.75) is 58.6 Å². The normalized spacial score (nSPS) is 20.6. The van der Waals surface area contributed by atoms with E-state index < -0.39 is 12.1 Å². The van der Waals surface area contributed by atoms with E-state index in [1.54, 1.807) is 19.9 Å². The van der Waals surface area contributed by atoms with Crippen molar-refractivity contribution in [3.63, 3.8) is 0 Å². The molecular weight excluding hydrogens is 370 g/mol. The largest absolute Gasteiger partial charge is 0.452 e. The van der Waals surface area contributed by atoms with Crippen molar-refractivity contribution in [2.75, 3.05) is 16.8 Å². The first-order chi connectivity index (χ1) is 12.8. The summed E-state index contributed by atoms with van der Waals surface area (Å²) in [7, 11) is 0. The number of thioether (sulfide) groups is 1. The number of rotatable bonds is 8. The Morgan fingerprint density at radius 1 is 1.33 bits per heavy atom. The number of carbonyl (C=O) groups excluding carboxylic acids is 3. The number of aromatic nitrogens is 1. The molecule has 2 rings (SSSR count). The minimum atomic E-state index is -0.848. The van der Waals surface area contributed by atoms with Gasteiger partial charge in [-0.05, 0) is 32.6 Å². The summed E-state index contributed by atoms with van der Waals surface area (Å²) in [6.45, 7) is 5.41. The molecule has 0 unspecified atom stereocenters. The Hall–Kier alpha value is -2.03. The molecule has 0 aromatic carbocycles. The minimum absolute atomic E-state index is 0.0112. The molecule has 1 saturated carbocycles. The molecule has 150 valence electrons. The van der Waals surface area contributed by atoms with E-state index in [9.17, 15) is 14.4 Å². The fourth-order valence-corrected chi connectivity index (χ4v) is 3.54. The Labute approximate surface area is 163 Å². The Bertz CT molecular complexity index is 663. The van der Waals surface area contributed by atoms with Gasteiger partial charge in [0.05, 0.1) is 11.5 Å². The molecule has 1 aliphatic carbocycles. The second-order valence-electron chi connectivity index (χ2n) is 6.87. The van der Waals surface area contributed by atoms with Crippen LogP contribution in [0.15, 0.2) is 10.6 Å². The summed E-state index contributed by atoms with van der Waals surface area (Å²) in [5.41, 5.74) is 0. The molecule has 8 nitrogen and oxygen atoms in total. The van der Waals surface area contributed by atoms with Crippen molar-refractivity contribution in [1.82, 2.24) is 10.5 Å². The van der Waals surface area contributed by atoms with Crippen LogP contribution in [0.3, 0.4) is 0 Å². The molecule has 0 radical (unpaired) electrons. The molecule has 27 heavy (non-hydrogen) atoms. The van der Waals surface area contributed by atoms with Crippen LogP contribution in [0.25, 0.3) is 0 Å². The fourth-order valence-electron chi connectivity index (χ4n) is 2.95. The summed E-state index contributed by atoms with van der Waals surface area (Å²) in [4.78, 5) is 35.8. The van der Waals surface area contributed by atoms with Gasteiger partial charge in [-0.1, -0.05) is 24.9 Å². The van der Waals surface area contributed by atoms with Gasteiger partial charge >= 0.3 is 5.97 Å². The molecule has 0 saturated heterocycles. The number of esters is 1. The molecule has 9 heteroatoms. The topological polar surface area (TPSA) is 111 Å². The van der Waals surface area contributed by atoms with Crippen molar-refractivity contribution < 1.29 is 23.6 Å². The van der Waals surface area contributed by atoms with Crippen LogP contribution in [0.5, 0.6) is 0 Å². The van der Waals surface area contributed by atoms with Gasteiger partial charge in [-0.3, -0.25) is 14.4 Å². The summed E-state index contributed by atoms with van der Waals surface area (Å²) in [6.07, 6.45) is 3.52. The van der Waals surface area contributed by atoms with E-state index in [-0.39, 0.29) is 29.4 Å². The van der Waals surface area contributed by atoms with Crippen molar-refractivity contribution in [3.8, 4) is 0 Å². The first kappa shape index (κ1) is 21.3. The van der Waals surface area contributed by atoms with E-state index in [1.165, 1.54) is 6.42 Å². The zero-order valence-corrected chi connectivity index (χ0v) is 16.8. The first-order valence-electron chi connectivity index (χ1n) is 9.16. The van der Waals surface area contributed by atoms with Gasteiger partial charge in [0.15, 0.2) is 11.9 Å². The molecule has 1 aromatic heterocycles. The van der Waals surface area contributed by atoms with E-state index >= 15 is 0 Å². The number of nitrogens with zero attached hydrogens (tertiary/aromatic N) is 1. The lowest BCUT2D eigenvalue weighted by molar-refractivity contribution is -0.152. The molecular formula is C18H27N3O5S. The molecule has 2 amide bonds. The van der Waals surface area contributed by atoms with Crippen molar-refractivity contribution in [3.05, 3.63) is 11.8 Å². The zero-order chi connectivity index (χ0) is 19.8. The summed E-state index contributed by atoms with van der Waals surface area (Å²) < 4.78 is 10.0. The third kappa shape index (κ3) is 7.24. The van der Waals surface area contributed by atoms with Gasteiger partial charge in [0.1, 0.15) is 5.76 Å². The summed E-state index contributed by atoms with van der Waals surface area (Å²) in [5, 5.41) is 9.20. The van der Waals surface area contributed by atoms with Crippen molar-refractivity contribution in [1.29, 1.82) is 0 Å². The lowest BCUT2D eigenvalue weighted by Gasteiger charge is -2.30. The number of hydrogen-bond donors (Lipinski definition) is 2.